The molecular formula is C36H62N4O2+4. The second-order valence-corrected chi connectivity index (χ2v) is 15.5. The van der Waals surface area contributed by atoms with Crippen LogP contribution in [0, 0.1) is 0 Å². The topological polar surface area (TPSA) is 26.3 Å². The first-order chi connectivity index (χ1) is 19.2. The number of rotatable bonds is 16. The van der Waals surface area contributed by atoms with E-state index in [1.807, 2.05) is 0 Å². The SMILES string of the molecule is C=CC(=O)OC(C[N+](C)(C)Cc1ccc(C[N+](C)(C)C(C)C)cc1)C[N+](C)(C)Cc1ccc(C[N+](C)(C)C(C)C)cc1. The van der Waals surface area contributed by atoms with Crippen molar-refractivity contribution in [2.75, 3.05) is 69.5 Å². The molecule has 0 fully saturated rings. The van der Waals surface area contributed by atoms with Gasteiger partial charge in [-0.05, 0) is 27.7 Å². The fourth-order valence-electron chi connectivity index (χ4n) is 5.37. The summed E-state index contributed by atoms with van der Waals surface area (Å²) in [6.07, 6.45) is 1.05. The van der Waals surface area contributed by atoms with E-state index >= 15 is 0 Å². The molecule has 0 unspecified atom stereocenters. The number of carbonyl (C=O) groups is 1. The van der Waals surface area contributed by atoms with E-state index in [-0.39, 0.29) is 12.1 Å². The van der Waals surface area contributed by atoms with Crippen molar-refractivity contribution in [2.45, 2.75) is 72.1 Å². The molecule has 0 N–H and O–H groups in total. The van der Waals surface area contributed by atoms with Gasteiger partial charge in [-0.15, -0.1) is 0 Å². The molecule has 0 amide bonds. The van der Waals surface area contributed by atoms with Gasteiger partial charge in [-0.3, -0.25) is 0 Å². The van der Waals surface area contributed by atoms with Crippen LogP contribution in [0.1, 0.15) is 49.9 Å². The summed E-state index contributed by atoms with van der Waals surface area (Å²) in [5.74, 6) is -0.356. The molecule has 0 saturated heterocycles. The molecule has 2 aromatic rings. The third-order valence-corrected chi connectivity index (χ3v) is 9.09. The fraction of sp³-hybridized carbons (Fsp3) is 0.583. The lowest BCUT2D eigenvalue weighted by atomic mass is 10.1. The number of hydrogen-bond acceptors (Lipinski definition) is 2. The van der Waals surface area contributed by atoms with Gasteiger partial charge in [-0.1, -0.05) is 55.1 Å². The van der Waals surface area contributed by atoms with Crippen LogP contribution >= 0.6 is 0 Å². The Morgan fingerprint density at radius 1 is 0.619 bits per heavy atom. The molecule has 0 aliphatic carbocycles. The molecular weight excluding hydrogens is 520 g/mol. The van der Waals surface area contributed by atoms with Crippen molar-refractivity contribution in [3.05, 3.63) is 83.4 Å². The standard InChI is InChI=1S/C36H62N4O2/c1-14-36(41)42-35(27-37(6,7)23-31-15-19-33(20-16-31)25-39(10,11)29(2)3)28-38(8,9)24-32-17-21-34(22-18-32)26-40(12,13)30(4)5/h14-22,29-30,35H,1,23-28H2,2-13H3/q+4. The zero-order valence-electron chi connectivity index (χ0n) is 29.0. The lowest BCUT2D eigenvalue weighted by Crippen LogP contribution is -2.53. The first-order valence-electron chi connectivity index (χ1n) is 15.5. The summed E-state index contributed by atoms with van der Waals surface area (Å²) in [7, 11) is 18.0. The number of carbonyl (C=O) groups excluding carboxylic acids is 1. The van der Waals surface area contributed by atoms with E-state index in [1.165, 1.54) is 28.3 Å². The Labute approximate surface area is 258 Å². The van der Waals surface area contributed by atoms with Crippen LogP contribution in [0.15, 0.2) is 61.2 Å². The minimum absolute atomic E-state index is 0.229. The van der Waals surface area contributed by atoms with Gasteiger partial charge in [-0.25, -0.2) is 4.79 Å². The third kappa shape index (κ3) is 11.6. The number of nitrogens with zero attached hydrogens (tertiary/aromatic N) is 4. The highest BCUT2D eigenvalue weighted by molar-refractivity contribution is 5.81. The molecule has 6 heteroatoms. The van der Waals surface area contributed by atoms with Crippen molar-refractivity contribution in [3.63, 3.8) is 0 Å². The average Bonchev–Trinajstić information content (AvgIpc) is 2.84. The van der Waals surface area contributed by atoms with E-state index in [0.29, 0.717) is 12.1 Å². The predicted octanol–water partition coefficient (Wildman–Crippen LogP) is 5.61. The Bertz CT molecular complexity index is 1060. The Morgan fingerprint density at radius 3 is 1.17 bits per heavy atom. The molecule has 6 nitrogen and oxygen atoms in total. The third-order valence-electron chi connectivity index (χ3n) is 9.09. The Morgan fingerprint density at radius 2 is 0.905 bits per heavy atom. The van der Waals surface area contributed by atoms with Gasteiger partial charge in [0.25, 0.3) is 0 Å². The van der Waals surface area contributed by atoms with Gasteiger partial charge in [0.05, 0.1) is 68.5 Å². The molecule has 0 bridgehead atoms. The normalized spacial score (nSPS) is 13.2. The van der Waals surface area contributed by atoms with Crippen LogP contribution in [0.4, 0.5) is 0 Å². The van der Waals surface area contributed by atoms with E-state index in [0.717, 1.165) is 57.2 Å². The molecule has 2 rings (SSSR count). The number of esters is 1. The summed E-state index contributed by atoms with van der Waals surface area (Å²) < 4.78 is 9.32. The zero-order valence-corrected chi connectivity index (χ0v) is 29.0. The summed E-state index contributed by atoms with van der Waals surface area (Å²) in [5.41, 5.74) is 5.30. The van der Waals surface area contributed by atoms with Crippen molar-refractivity contribution in [1.29, 1.82) is 0 Å². The summed E-state index contributed by atoms with van der Waals surface area (Å²) >= 11 is 0. The van der Waals surface area contributed by atoms with Crippen LogP contribution < -0.4 is 0 Å². The van der Waals surface area contributed by atoms with Crippen LogP contribution in [0.25, 0.3) is 0 Å². The number of hydrogen-bond donors (Lipinski definition) is 0. The van der Waals surface area contributed by atoms with Gasteiger partial charge in [0.1, 0.15) is 39.3 Å². The number of quaternary nitrogens is 4. The molecule has 42 heavy (non-hydrogen) atoms. The maximum absolute atomic E-state index is 12.4. The van der Waals surface area contributed by atoms with Gasteiger partial charge in [-0.2, -0.15) is 0 Å². The molecule has 0 radical (unpaired) electrons. The van der Waals surface area contributed by atoms with Crippen LogP contribution in [-0.4, -0.2) is 112 Å². The van der Waals surface area contributed by atoms with E-state index in [1.54, 1.807) is 0 Å². The zero-order chi connectivity index (χ0) is 31.9. The largest absolute Gasteiger partial charge is 0.447 e. The van der Waals surface area contributed by atoms with E-state index in [4.69, 9.17) is 4.74 Å². The fourth-order valence-corrected chi connectivity index (χ4v) is 5.37. The molecule has 0 atom stereocenters. The second kappa shape index (κ2) is 14.3. The first-order valence-corrected chi connectivity index (χ1v) is 15.5. The maximum atomic E-state index is 12.4. The summed E-state index contributed by atoms with van der Waals surface area (Å²) in [5, 5.41) is 0. The van der Waals surface area contributed by atoms with Crippen LogP contribution in [-0.2, 0) is 35.7 Å². The Balaban J connectivity index is 2.10. The monoisotopic (exact) mass is 582 g/mol. The highest BCUT2D eigenvalue weighted by Gasteiger charge is 2.32. The van der Waals surface area contributed by atoms with Gasteiger partial charge in [0, 0.05) is 28.3 Å². The summed E-state index contributed by atoms with van der Waals surface area (Å²) in [6, 6.07) is 19.2. The maximum Gasteiger partial charge on any atom is 0.330 e. The van der Waals surface area contributed by atoms with Crippen LogP contribution in [0.3, 0.4) is 0 Å². The van der Waals surface area contributed by atoms with Crippen LogP contribution in [0.5, 0.6) is 0 Å². The van der Waals surface area contributed by atoms with E-state index < -0.39 is 0 Å². The number of likely N-dealkylation sites (N-methyl/N-ethyl adjacent to an activating group) is 2. The van der Waals surface area contributed by atoms with Gasteiger partial charge in [0.15, 0.2) is 6.10 Å². The van der Waals surface area contributed by atoms with Gasteiger partial charge >= 0.3 is 5.97 Å². The molecule has 0 heterocycles. The number of benzene rings is 2. The minimum atomic E-state index is -0.356. The summed E-state index contributed by atoms with van der Waals surface area (Å²) in [6.45, 7) is 17.9. The first kappa shape index (κ1) is 35.7. The molecule has 0 aromatic heterocycles. The Kier molecular flexibility index (Phi) is 12.2. The quantitative estimate of drug-likeness (QED) is 0.146. The van der Waals surface area contributed by atoms with Gasteiger partial charge < -0.3 is 22.7 Å². The second-order valence-electron chi connectivity index (χ2n) is 15.5. The van der Waals surface area contributed by atoms with Crippen LogP contribution in [0.2, 0.25) is 0 Å². The smallest absolute Gasteiger partial charge is 0.330 e. The minimum Gasteiger partial charge on any atom is -0.447 e. The molecule has 0 aliphatic rings. The van der Waals surface area contributed by atoms with Crippen molar-refractivity contribution in [2.24, 2.45) is 0 Å². The molecule has 2 aromatic carbocycles. The number of ether oxygens (including phenoxy) is 1. The molecule has 0 aliphatic heterocycles. The van der Waals surface area contributed by atoms with E-state index in [9.17, 15) is 4.79 Å². The van der Waals surface area contributed by atoms with Crippen molar-refractivity contribution in [3.8, 4) is 0 Å². The highest BCUT2D eigenvalue weighted by Crippen LogP contribution is 2.20. The van der Waals surface area contributed by atoms with Gasteiger partial charge in [0.2, 0.25) is 0 Å². The predicted molar refractivity (Wildman–Crippen MR) is 176 cm³/mol. The lowest BCUT2D eigenvalue weighted by molar-refractivity contribution is -0.927. The van der Waals surface area contributed by atoms with E-state index in [2.05, 4.69) is 139 Å². The Hall–Kier alpha value is -2.51. The van der Waals surface area contributed by atoms with Crippen molar-refractivity contribution >= 4 is 5.97 Å². The molecule has 234 valence electrons. The average molecular weight is 583 g/mol. The highest BCUT2D eigenvalue weighted by atomic mass is 16.5. The lowest BCUT2D eigenvalue weighted by Gasteiger charge is -2.37. The summed E-state index contributed by atoms with van der Waals surface area (Å²) in [4.78, 5) is 12.4. The van der Waals surface area contributed by atoms with Crippen molar-refractivity contribution < 1.29 is 27.5 Å². The van der Waals surface area contributed by atoms with Crippen molar-refractivity contribution in [1.82, 2.24) is 0 Å². The molecule has 0 spiro atoms. The molecule has 0 saturated carbocycles.